The molecule has 0 radical (unpaired) electrons. The summed E-state index contributed by atoms with van der Waals surface area (Å²) in [6.45, 7) is 7.28. The SMILES string of the molecule is CCCNC(=O)C(C)N(Cc1ccc(OC)cc1)C(=O)CN(c1cc(C)cc(C)c1)S(=O)(=O)c1ccc(OC)c(OC)c1. The lowest BCUT2D eigenvalue weighted by Crippen LogP contribution is -2.51. The second-order valence-electron chi connectivity index (χ2n) is 10.2. The summed E-state index contributed by atoms with van der Waals surface area (Å²) in [7, 11) is 0.157. The van der Waals surface area contributed by atoms with Crippen LogP contribution in [0, 0.1) is 13.8 Å². The Morgan fingerprint density at radius 1 is 0.860 bits per heavy atom. The van der Waals surface area contributed by atoms with Gasteiger partial charge in [0.1, 0.15) is 18.3 Å². The maximum Gasteiger partial charge on any atom is 0.264 e. The Morgan fingerprint density at radius 2 is 1.49 bits per heavy atom. The molecule has 11 heteroatoms. The summed E-state index contributed by atoms with van der Waals surface area (Å²) in [4.78, 5) is 28.5. The number of carbonyl (C=O) groups is 2. The topological polar surface area (TPSA) is 114 Å². The lowest BCUT2D eigenvalue weighted by atomic mass is 10.1. The van der Waals surface area contributed by atoms with Gasteiger partial charge in [0.25, 0.3) is 10.0 Å². The molecule has 0 heterocycles. The number of rotatable bonds is 14. The molecule has 0 aromatic heterocycles. The van der Waals surface area contributed by atoms with Crippen LogP contribution < -0.4 is 23.8 Å². The Bertz CT molecular complexity index is 1500. The van der Waals surface area contributed by atoms with Crippen LogP contribution in [-0.2, 0) is 26.2 Å². The normalized spacial score (nSPS) is 11.8. The van der Waals surface area contributed by atoms with Crippen LogP contribution in [0.2, 0.25) is 0 Å². The van der Waals surface area contributed by atoms with E-state index in [1.54, 1.807) is 50.4 Å². The summed E-state index contributed by atoms with van der Waals surface area (Å²) in [5.41, 5.74) is 2.74. The average Bonchev–Trinajstić information content (AvgIpc) is 2.99. The van der Waals surface area contributed by atoms with E-state index in [1.165, 1.54) is 37.3 Å². The number of aryl methyl sites for hydroxylation is 2. The third kappa shape index (κ3) is 8.19. The Morgan fingerprint density at radius 3 is 2.05 bits per heavy atom. The number of hydrogen-bond donors (Lipinski definition) is 1. The molecular weight excluding hydrogens is 570 g/mol. The van der Waals surface area contributed by atoms with Gasteiger partial charge in [-0.3, -0.25) is 13.9 Å². The lowest BCUT2D eigenvalue weighted by Gasteiger charge is -2.32. The molecule has 1 N–H and O–H groups in total. The van der Waals surface area contributed by atoms with E-state index in [0.717, 1.165) is 27.4 Å². The number of methoxy groups -OCH3 is 3. The predicted molar refractivity (Wildman–Crippen MR) is 166 cm³/mol. The molecule has 43 heavy (non-hydrogen) atoms. The fraction of sp³-hybridized carbons (Fsp3) is 0.375. The summed E-state index contributed by atoms with van der Waals surface area (Å²) in [6, 6.07) is 15.9. The van der Waals surface area contributed by atoms with Crippen LogP contribution >= 0.6 is 0 Å². The standard InChI is InChI=1S/C32H41N3O7S/c1-8-15-33-32(37)24(4)34(20-25-9-11-27(40-5)12-10-25)31(36)21-35(26-17-22(2)16-23(3)18-26)43(38,39)28-13-14-29(41-6)30(19-28)42-7/h9-14,16-19,24H,8,15,20-21H2,1-7H3,(H,33,37). The number of nitrogens with one attached hydrogen (secondary N) is 1. The van der Waals surface area contributed by atoms with E-state index >= 15 is 0 Å². The highest BCUT2D eigenvalue weighted by atomic mass is 32.2. The molecule has 2 amide bonds. The first-order valence-electron chi connectivity index (χ1n) is 14.0. The van der Waals surface area contributed by atoms with Crippen molar-refractivity contribution in [3.63, 3.8) is 0 Å². The fourth-order valence-corrected chi connectivity index (χ4v) is 6.05. The van der Waals surface area contributed by atoms with Crippen molar-refractivity contribution in [3.8, 4) is 17.2 Å². The molecule has 10 nitrogen and oxygen atoms in total. The van der Waals surface area contributed by atoms with Gasteiger partial charge in [0, 0.05) is 19.2 Å². The Labute approximate surface area is 254 Å². The molecule has 3 rings (SSSR count). The summed E-state index contributed by atoms with van der Waals surface area (Å²) < 4.78 is 45.4. The molecule has 0 fully saturated rings. The quantitative estimate of drug-likeness (QED) is 0.286. The third-order valence-electron chi connectivity index (χ3n) is 6.94. The van der Waals surface area contributed by atoms with E-state index in [0.29, 0.717) is 23.7 Å². The first kappa shape index (κ1) is 33.3. The van der Waals surface area contributed by atoms with Crippen LogP contribution in [0.5, 0.6) is 17.2 Å². The molecule has 0 saturated heterocycles. The van der Waals surface area contributed by atoms with Gasteiger partial charge in [-0.2, -0.15) is 0 Å². The van der Waals surface area contributed by atoms with Gasteiger partial charge < -0.3 is 24.4 Å². The maximum atomic E-state index is 14.2. The summed E-state index contributed by atoms with van der Waals surface area (Å²) in [5, 5.41) is 2.84. The molecule has 3 aromatic rings. The average molecular weight is 612 g/mol. The highest BCUT2D eigenvalue weighted by molar-refractivity contribution is 7.92. The van der Waals surface area contributed by atoms with E-state index in [9.17, 15) is 18.0 Å². The molecule has 0 aliphatic carbocycles. The van der Waals surface area contributed by atoms with Crippen molar-refractivity contribution in [1.82, 2.24) is 10.2 Å². The van der Waals surface area contributed by atoms with Crippen molar-refractivity contribution in [2.75, 3.05) is 38.7 Å². The van der Waals surface area contributed by atoms with Gasteiger partial charge in [-0.15, -0.1) is 0 Å². The largest absolute Gasteiger partial charge is 0.497 e. The molecular formula is C32H41N3O7S. The molecule has 0 aliphatic rings. The number of anilines is 1. The summed E-state index contributed by atoms with van der Waals surface area (Å²) >= 11 is 0. The zero-order valence-corrected chi connectivity index (χ0v) is 26.7. The molecule has 0 saturated carbocycles. The zero-order chi connectivity index (χ0) is 31.7. The van der Waals surface area contributed by atoms with Gasteiger partial charge in [0.2, 0.25) is 11.8 Å². The lowest BCUT2D eigenvalue weighted by molar-refractivity contribution is -0.139. The first-order valence-corrected chi connectivity index (χ1v) is 15.4. The fourth-order valence-electron chi connectivity index (χ4n) is 4.63. The van der Waals surface area contributed by atoms with Crippen molar-refractivity contribution in [3.05, 3.63) is 77.4 Å². The smallest absolute Gasteiger partial charge is 0.264 e. The van der Waals surface area contributed by atoms with Crippen LogP contribution in [0.3, 0.4) is 0 Å². The van der Waals surface area contributed by atoms with E-state index in [4.69, 9.17) is 14.2 Å². The molecule has 0 aliphatic heterocycles. The number of benzene rings is 3. The summed E-state index contributed by atoms with van der Waals surface area (Å²) in [5.74, 6) is 0.380. The maximum absolute atomic E-state index is 14.2. The number of sulfonamides is 1. The second-order valence-corrected chi connectivity index (χ2v) is 12.1. The number of ether oxygens (including phenoxy) is 3. The number of amides is 2. The summed E-state index contributed by atoms with van der Waals surface area (Å²) in [6.07, 6.45) is 0.731. The Kier molecular flexibility index (Phi) is 11.4. The Hall–Kier alpha value is -4.25. The molecule has 1 unspecified atom stereocenters. The predicted octanol–water partition coefficient (Wildman–Crippen LogP) is 4.47. The van der Waals surface area contributed by atoms with Gasteiger partial charge in [-0.25, -0.2) is 8.42 Å². The molecule has 0 bridgehead atoms. The van der Waals surface area contributed by atoms with Gasteiger partial charge in [-0.05, 0) is 80.3 Å². The van der Waals surface area contributed by atoms with Crippen molar-refractivity contribution in [1.29, 1.82) is 0 Å². The van der Waals surface area contributed by atoms with Crippen molar-refractivity contribution in [2.24, 2.45) is 0 Å². The van der Waals surface area contributed by atoms with Gasteiger partial charge >= 0.3 is 0 Å². The number of carbonyl (C=O) groups excluding carboxylic acids is 2. The van der Waals surface area contributed by atoms with Crippen molar-refractivity contribution >= 4 is 27.5 Å². The minimum Gasteiger partial charge on any atom is -0.497 e. The highest BCUT2D eigenvalue weighted by Gasteiger charge is 2.33. The van der Waals surface area contributed by atoms with Crippen LogP contribution in [-0.4, -0.2) is 65.6 Å². The number of hydrogen-bond acceptors (Lipinski definition) is 7. The highest BCUT2D eigenvalue weighted by Crippen LogP contribution is 2.33. The van der Waals surface area contributed by atoms with E-state index in [1.807, 2.05) is 26.8 Å². The van der Waals surface area contributed by atoms with E-state index in [-0.39, 0.29) is 23.1 Å². The van der Waals surface area contributed by atoms with Crippen LogP contribution in [0.25, 0.3) is 0 Å². The monoisotopic (exact) mass is 611 g/mol. The molecule has 232 valence electrons. The Balaban J connectivity index is 2.09. The van der Waals surface area contributed by atoms with Gasteiger partial charge in [0.05, 0.1) is 31.9 Å². The second kappa shape index (κ2) is 14.8. The van der Waals surface area contributed by atoms with Crippen molar-refractivity contribution < 1.29 is 32.2 Å². The first-order chi connectivity index (χ1) is 20.4. The van der Waals surface area contributed by atoms with E-state index in [2.05, 4.69) is 5.32 Å². The van der Waals surface area contributed by atoms with E-state index < -0.39 is 28.5 Å². The van der Waals surface area contributed by atoms with Crippen LogP contribution in [0.1, 0.15) is 37.0 Å². The minimum absolute atomic E-state index is 0.0763. The van der Waals surface area contributed by atoms with Crippen LogP contribution in [0.15, 0.2) is 65.6 Å². The number of nitrogens with zero attached hydrogens (tertiary/aromatic N) is 2. The molecule has 3 aromatic carbocycles. The van der Waals surface area contributed by atoms with Crippen molar-refractivity contribution in [2.45, 2.75) is 51.6 Å². The minimum atomic E-state index is -4.28. The molecule has 0 spiro atoms. The zero-order valence-electron chi connectivity index (χ0n) is 25.8. The van der Waals surface area contributed by atoms with Gasteiger partial charge in [0.15, 0.2) is 11.5 Å². The van der Waals surface area contributed by atoms with Crippen LogP contribution in [0.4, 0.5) is 5.69 Å². The third-order valence-corrected chi connectivity index (χ3v) is 8.71. The van der Waals surface area contributed by atoms with Gasteiger partial charge in [-0.1, -0.05) is 25.1 Å². The molecule has 1 atom stereocenters.